The van der Waals surface area contributed by atoms with Gasteiger partial charge in [-0.3, -0.25) is 9.63 Å². The number of hydrogen-bond donors (Lipinski definition) is 1. The molecule has 0 aromatic carbocycles. The Morgan fingerprint density at radius 3 is 2.86 bits per heavy atom. The van der Waals surface area contributed by atoms with Gasteiger partial charge in [0.1, 0.15) is 6.26 Å². The molecular formula is C6H5F3N2O3. The first-order valence-corrected chi connectivity index (χ1v) is 3.38. The van der Waals surface area contributed by atoms with Crippen LogP contribution in [0.15, 0.2) is 16.9 Å². The lowest BCUT2D eigenvalue weighted by molar-refractivity contribution is -0.184. The molecule has 0 aliphatic carbocycles. The van der Waals surface area contributed by atoms with Gasteiger partial charge in [-0.25, -0.2) is 5.48 Å². The fraction of sp³-hybridized carbons (Fsp3) is 0.333. The standard InChI is InChI=1S/C6H5F3N2O3/c7-6(8,9)3-14-11-5(12)4-1-2-13-10-4/h1-2H,3H2,(H,11,12). The highest BCUT2D eigenvalue weighted by Crippen LogP contribution is 2.13. The number of hydrogen-bond acceptors (Lipinski definition) is 4. The van der Waals surface area contributed by atoms with E-state index in [1.165, 1.54) is 6.07 Å². The molecule has 0 saturated carbocycles. The van der Waals surface area contributed by atoms with Crippen LogP contribution in [0.25, 0.3) is 0 Å². The molecule has 0 bridgehead atoms. The van der Waals surface area contributed by atoms with E-state index >= 15 is 0 Å². The number of carbonyl (C=O) groups excluding carboxylic acids is 1. The Kier molecular flexibility index (Phi) is 3.07. The predicted molar refractivity (Wildman–Crippen MR) is 36.0 cm³/mol. The molecule has 0 spiro atoms. The van der Waals surface area contributed by atoms with Crippen LogP contribution in [0, 0.1) is 0 Å². The first kappa shape index (κ1) is 10.5. The maximum Gasteiger partial charge on any atom is 0.414 e. The minimum Gasteiger partial charge on any atom is -0.364 e. The molecule has 5 nitrogen and oxygen atoms in total. The second-order valence-electron chi connectivity index (χ2n) is 2.22. The van der Waals surface area contributed by atoms with Crippen molar-refractivity contribution in [1.82, 2.24) is 10.6 Å². The summed E-state index contributed by atoms with van der Waals surface area (Å²) in [7, 11) is 0. The summed E-state index contributed by atoms with van der Waals surface area (Å²) in [6, 6.07) is 1.19. The van der Waals surface area contributed by atoms with Gasteiger partial charge in [-0.1, -0.05) is 5.16 Å². The summed E-state index contributed by atoms with van der Waals surface area (Å²) in [6.07, 6.45) is -3.38. The molecule has 1 amide bonds. The third kappa shape index (κ3) is 3.44. The maximum atomic E-state index is 11.5. The zero-order valence-corrected chi connectivity index (χ0v) is 6.67. The van der Waals surface area contributed by atoms with Crippen molar-refractivity contribution in [1.29, 1.82) is 0 Å². The van der Waals surface area contributed by atoms with Crippen LogP contribution in [0.5, 0.6) is 0 Å². The van der Waals surface area contributed by atoms with Crippen molar-refractivity contribution < 1.29 is 27.3 Å². The van der Waals surface area contributed by atoms with Gasteiger partial charge in [0, 0.05) is 6.07 Å². The van der Waals surface area contributed by atoms with Gasteiger partial charge in [0.25, 0.3) is 5.91 Å². The Bertz CT molecular complexity index is 296. The molecule has 1 aromatic rings. The SMILES string of the molecule is O=C(NOCC(F)(F)F)c1ccon1. The number of rotatable bonds is 3. The summed E-state index contributed by atoms with van der Waals surface area (Å²) in [5.41, 5.74) is 1.40. The van der Waals surface area contributed by atoms with Crippen molar-refractivity contribution in [3.05, 3.63) is 18.0 Å². The molecule has 8 heteroatoms. The largest absolute Gasteiger partial charge is 0.414 e. The Labute approximate surface area is 75.8 Å². The van der Waals surface area contributed by atoms with Crippen LogP contribution >= 0.6 is 0 Å². The highest BCUT2D eigenvalue weighted by Gasteiger charge is 2.28. The molecule has 1 aromatic heterocycles. The van der Waals surface area contributed by atoms with Gasteiger partial charge in [0.05, 0.1) is 0 Å². The summed E-state index contributed by atoms with van der Waals surface area (Å²) >= 11 is 0. The fourth-order valence-corrected chi connectivity index (χ4v) is 0.565. The second kappa shape index (κ2) is 4.09. The normalized spacial score (nSPS) is 11.4. The van der Waals surface area contributed by atoms with Crippen molar-refractivity contribution in [2.24, 2.45) is 0 Å². The van der Waals surface area contributed by atoms with Crippen molar-refractivity contribution in [2.75, 3.05) is 6.61 Å². The lowest BCUT2D eigenvalue weighted by Gasteiger charge is -2.06. The van der Waals surface area contributed by atoms with Gasteiger partial charge in [-0.2, -0.15) is 13.2 Å². The number of amides is 1. The monoisotopic (exact) mass is 210 g/mol. The first-order chi connectivity index (χ1) is 6.49. The van der Waals surface area contributed by atoms with E-state index in [4.69, 9.17) is 0 Å². The topological polar surface area (TPSA) is 64.4 Å². The lowest BCUT2D eigenvalue weighted by atomic mass is 10.4. The van der Waals surface area contributed by atoms with E-state index in [0.29, 0.717) is 0 Å². The van der Waals surface area contributed by atoms with Crippen LogP contribution in [0.2, 0.25) is 0 Å². The van der Waals surface area contributed by atoms with Crippen molar-refractivity contribution in [3.8, 4) is 0 Å². The number of nitrogens with one attached hydrogen (secondary N) is 1. The number of alkyl halides is 3. The number of hydroxylamine groups is 1. The van der Waals surface area contributed by atoms with Gasteiger partial charge in [0.2, 0.25) is 0 Å². The summed E-state index contributed by atoms with van der Waals surface area (Å²) in [5.74, 6) is -0.900. The molecule has 1 heterocycles. The van der Waals surface area contributed by atoms with E-state index in [1.54, 1.807) is 5.48 Å². The van der Waals surface area contributed by atoms with E-state index in [9.17, 15) is 18.0 Å². The molecule has 1 N–H and O–H groups in total. The summed E-state index contributed by atoms with van der Waals surface area (Å²) in [5, 5.41) is 3.18. The Morgan fingerprint density at radius 2 is 2.36 bits per heavy atom. The van der Waals surface area contributed by atoms with E-state index in [2.05, 4.69) is 14.5 Å². The fourth-order valence-electron chi connectivity index (χ4n) is 0.565. The Balaban J connectivity index is 2.30. The van der Waals surface area contributed by atoms with Crippen LogP contribution in [0.3, 0.4) is 0 Å². The summed E-state index contributed by atoms with van der Waals surface area (Å²) in [6.45, 7) is -1.56. The summed E-state index contributed by atoms with van der Waals surface area (Å²) in [4.78, 5) is 14.7. The molecule has 0 aliphatic rings. The second-order valence-corrected chi connectivity index (χ2v) is 2.22. The third-order valence-electron chi connectivity index (χ3n) is 1.07. The molecule has 78 valence electrons. The average molecular weight is 210 g/mol. The molecule has 1 rings (SSSR count). The van der Waals surface area contributed by atoms with Gasteiger partial charge >= 0.3 is 6.18 Å². The first-order valence-electron chi connectivity index (χ1n) is 3.38. The van der Waals surface area contributed by atoms with Gasteiger partial charge < -0.3 is 4.52 Å². The van der Waals surface area contributed by atoms with Crippen LogP contribution in [-0.4, -0.2) is 23.8 Å². The third-order valence-corrected chi connectivity index (χ3v) is 1.07. The van der Waals surface area contributed by atoms with Crippen molar-refractivity contribution in [2.45, 2.75) is 6.18 Å². The zero-order valence-electron chi connectivity index (χ0n) is 6.67. The molecule has 0 saturated heterocycles. The molecular weight excluding hydrogens is 205 g/mol. The van der Waals surface area contributed by atoms with E-state index < -0.39 is 18.7 Å². The van der Waals surface area contributed by atoms with E-state index in [0.717, 1.165) is 6.26 Å². The van der Waals surface area contributed by atoms with Crippen molar-refractivity contribution >= 4 is 5.91 Å². The van der Waals surface area contributed by atoms with E-state index in [-0.39, 0.29) is 5.69 Å². The van der Waals surface area contributed by atoms with Gasteiger partial charge in [-0.05, 0) is 0 Å². The maximum absolute atomic E-state index is 11.5. The highest BCUT2D eigenvalue weighted by atomic mass is 19.4. The van der Waals surface area contributed by atoms with Crippen molar-refractivity contribution in [3.63, 3.8) is 0 Å². The smallest absolute Gasteiger partial charge is 0.364 e. The molecule has 0 aliphatic heterocycles. The van der Waals surface area contributed by atoms with Gasteiger partial charge in [-0.15, -0.1) is 0 Å². The molecule has 0 unspecified atom stereocenters. The molecule has 0 radical (unpaired) electrons. The minimum absolute atomic E-state index is 0.160. The Hall–Kier alpha value is -1.57. The number of halogens is 3. The summed E-state index contributed by atoms with van der Waals surface area (Å²) < 4.78 is 38.9. The average Bonchev–Trinajstić information content (AvgIpc) is 2.53. The van der Waals surface area contributed by atoms with Crippen LogP contribution < -0.4 is 5.48 Å². The Morgan fingerprint density at radius 1 is 1.64 bits per heavy atom. The van der Waals surface area contributed by atoms with Crippen LogP contribution in [0.1, 0.15) is 10.5 Å². The quantitative estimate of drug-likeness (QED) is 0.752. The molecule has 14 heavy (non-hydrogen) atoms. The number of nitrogens with zero attached hydrogens (tertiary/aromatic N) is 1. The highest BCUT2D eigenvalue weighted by molar-refractivity contribution is 5.91. The zero-order chi connectivity index (χ0) is 10.6. The minimum atomic E-state index is -4.49. The number of aromatic nitrogens is 1. The lowest BCUT2D eigenvalue weighted by Crippen LogP contribution is -2.29. The molecule has 0 fully saturated rings. The molecule has 0 atom stereocenters. The van der Waals surface area contributed by atoms with E-state index in [1.807, 2.05) is 0 Å². The van der Waals surface area contributed by atoms with Gasteiger partial charge in [0.15, 0.2) is 12.3 Å². The number of carbonyl (C=O) groups is 1. The van der Waals surface area contributed by atoms with Crippen LogP contribution in [-0.2, 0) is 4.84 Å². The predicted octanol–water partition coefficient (Wildman–Crippen LogP) is 0.898. The van der Waals surface area contributed by atoms with Crippen LogP contribution in [0.4, 0.5) is 13.2 Å².